The Balaban J connectivity index is 2.69. The van der Waals surface area contributed by atoms with Gasteiger partial charge in [0.05, 0.1) is 19.1 Å². The van der Waals surface area contributed by atoms with Gasteiger partial charge in [-0.15, -0.1) is 0 Å². The first-order chi connectivity index (χ1) is 9.08. The first-order valence-electron chi connectivity index (χ1n) is 6.40. The van der Waals surface area contributed by atoms with Gasteiger partial charge in [0.25, 0.3) is 0 Å². The molecular weight excluding hydrogens is 240 g/mol. The Hall–Kier alpha value is -2.02. The second-order valence-corrected chi connectivity index (χ2v) is 4.68. The first kappa shape index (κ1) is 15.0. The quantitative estimate of drug-likeness (QED) is 0.855. The molecule has 19 heavy (non-hydrogen) atoms. The number of methoxy groups -OCH3 is 1. The highest BCUT2D eigenvalue weighted by Crippen LogP contribution is 2.29. The summed E-state index contributed by atoms with van der Waals surface area (Å²) in [4.78, 5) is 11.6. The molecule has 102 valence electrons. The standard InChI is InChI=1S/C15H20N2O2/c1-11(2)17-15(18)9-8-12(10-16)13-6-4-5-7-14(13)19-3/h4-7,11-12H,8-9H2,1-3H3,(H,17,18). The lowest BCUT2D eigenvalue weighted by atomic mass is 9.94. The third-order valence-corrected chi connectivity index (χ3v) is 2.78. The molecular formula is C15H20N2O2. The summed E-state index contributed by atoms with van der Waals surface area (Å²) >= 11 is 0. The molecule has 1 N–H and O–H groups in total. The average Bonchev–Trinajstić information content (AvgIpc) is 2.39. The minimum absolute atomic E-state index is 0.0230. The maximum atomic E-state index is 11.6. The summed E-state index contributed by atoms with van der Waals surface area (Å²) in [6.07, 6.45) is 0.837. The third-order valence-electron chi connectivity index (χ3n) is 2.78. The summed E-state index contributed by atoms with van der Waals surface area (Å²) in [6.45, 7) is 3.83. The van der Waals surface area contributed by atoms with E-state index in [1.165, 1.54) is 0 Å². The van der Waals surface area contributed by atoms with Gasteiger partial charge in [-0.05, 0) is 26.3 Å². The molecule has 1 amide bonds. The second-order valence-electron chi connectivity index (χ2n) is 4.68. The molecule has 1 unspecified atom stereocenters. The van der Waals surface area contributed by atoms with Crippen molar-refractivity contribution < 1.29 is 9.53 Å². The lowest BCUT2D eigenvalue weighted by Crippen LogP contribution is -2.30. The zero-order chi connectivity index (χ0) is 14.3. The Morgan fingerprint density at radius 3 is 2.68 bits per heavy atom. The van der Waals surface area contributed by atoms with Crippen LogP contribution in [0.5, 0.6) is 5.75 Å². The van der Waals surface area contributed by atoms with Crippen molar-refractivity contribution in [2.24, 2.45) is 0 Å². The number of amides is 1. The van der Waals surface area contributed by atoms with Gasteiger partial charge in [-0.25, -0.2) is 0 Å². The number of para-hydroxylation sites is 1. The largest absolute Gasteiger partial charge is 0.496 e. The molecule has 4 heteroatoms. The van der Waals surface area contributed by atoms with E-state index in [2.05, 4.69) is 11.4 Å². The molecule has 1 aromatic rings. The number of nitrogens with one attached hydrogen (secondary N) is 1. The van der Waals surface area contributed by atoms with Crippen LogP contribution >= 0.6 is 0 Å². The number of nitriles is 1. The highest BCUT2D eigenvalue weighted by Gasteiger charge is 2.16. The van der Waals surface area contributed by atoms with E-state index < -0.39 is 0 Å². The molecule has 0 aliphatic carbocycles. The van der Waals surface area contributed by atoms with Crippen LogP contribution in [0.15, 0.2) is 24.3 Å². The van der Waals surface area contributed by atoms with Crippen LogP contribution in [0.25, 0.3) is 0 Å². The zero-order valence-corrected chi connectivity index (χ0v) is 11.6. The Morgan fingerprint density at radius 1 is 1.42 bits per heavy atom. The molecule has 0 radical (unpaired) electrons. The lowest BCUT2D eigenvalue weighted by Gasteiger charge is -2.14. The Morgan fingerprint density at radius 2 is 2.11 bits per heavy atom. The predicted molar refractivity (Wildman–Crippen MR) is 73.9 cm³/mol. The van der Waals surface area contributed by atoms with Crippen molar-refractivity contribution in [3.8, 4) is 11.8 Å². The van der Waals surface area contributed by atoms with Crippen molar-refractivity contribution in [2.75, 3.05) is 7.11 Å². The summed E-state index contributed by atoms with van der Waals surface area (Å²) < 4.78 is 5.25. The fourth-order valence-corrected chi connectivity index (χ4v) is 1.91. The number of nitrogens with zero attached hydrogens (tertiary/aromatic N) is 1. The van der Waals surface area contributed by atoms with E-state index in [1.807, 2.05) is 38.1 Å². The SMILES string of the molecule is COc1ccccc1C(C#N)CCC(=O)NC(C)C. The van der Waals surface area contributed by atoms with Crippen LogP contribution in [0.2, 0.25) is 0 Å². The Labute approximate surface area is 114 Å². The molecule has 0 saturated carbocycles. The summed E-state index contributed by atoms with van der Waals surface area (Å²) in [6, 6.07) is 9.80. The molecule has 0 aliphatic heterocycles. The van der Waals surface area contributed by atoms with Crippen molar-refractivity contribution in [2.45, 2.75) is 38.6 Å². The lowest BCUT2D eigenvalue weighted by molar-refractivity contribution is -0.121. The summed E-state index contributed by atoms with van der Waals surface area (Å²) in [5.74, 6) is 0.345. The van der Waals surface area contributed by atoms with Crippen LogP contribution in [-0.2, 0) is 4.79 Å². The number of carbonyl (C=O) groups is 1. The van der Waals surface area contributed by atoms with Crippen LogP contribution in [-0.4, -0.2) is 19.1 Å². The van der Waals surface area contributed by atoms with Crippen molar-refractivity contribution >= 4 is 5.91 Å². The molecule has 1 aromatic carbocycles. The summed E-state index contributed by atoms with van der Waals surface area (Å²) in [5, 5.41) is 12.1. The number of rotatable bonds is 6. The van der Waals surface area contributed by atoms with E-state index in [1.54, 1.807) is 7.11 Å². The van der Waals surface area contributed by atoms with Gasteiger partial charge in [-0.1, -0.05) is 18.2 Å². The van der Waals surface area contributed by atoms with E-state index in [0.717, 1.165) is 5.56 Å². The predicted octanol–water partition coefficient (Wildman–Crippen LogP) is 2.61. The number of benzene rings is 1. The maximum absolute atomic E-state index is 11.6. The van der Waals surface area contributed by atoms with Crippen molar-refractivity contribution in [3.05, 3.63) is 29.8 Å². The van der Waals surface area contributed by atoms with Crippen LogP contribution in [0.1, 0.15) is 38.2 Å². The van der Waals surface area contributed by atoms with Gasteiger partial charge in [0, 0.05) is 18.0 Å². The van der Waals surface area contributed by atoms with E-state index in [-0.39, 0.29) is 17.9 Å². The van der Waals surface area contributed by atoms with Gasteiger partial charge in [-0.3, -0.25) is 4.79 Å². The van der Waals surface area contributed by atoms with E-state index in [4.69, 9.17) is 4.74 Å². The van der Waals surface area contributed by atoms with Gasteiger partial charge in [0.15, 0.2) is 0 Å². The minimum Gasteiger partial charge on any atom is -0.496 e. The normalized spacial score (nSPS) is 11.7. The van der Waals surface area contributed by atoms with Gasteiger partial charge < -0.3 is 10.1 Å². The molecule has 0 fully saturated rings. The maximum Gasteiger partial charge on any atom is 0.220 e. The van der Waals surface area contributed by atoms with Gasteiger partial charge in [-0.2, -0.15) is 5.26 Å². The van der Waals surface area contributed by atoms with Crippen molar-refractivity contribution in [1.82, 2.24) is 5.32 Å². The molecule has 0 bridgehead atoms. The van der Waals surface area contributed by atoms with Gasteiger partial charge in [0.1, 0.15) is 5.75 Å². The van der Waals surface area contributed by atoms with E-state index in [9.17, 15) is 10.1 Å². The van der Waals surface area contributed by atoms with Gasteiger partial charge >= 0.3 is 0 Å². The molecule has 1 rings (SSSR count). The number of hydrogen-bond acceptors (Lipinski definition) is 3. The smallest absolute Gasteiger partial charge is 0.220 e. The number of carbonyl (C=O) groups excluding carboxylic acids is 1. The summed E-state index contributed by atoms with van der Waals surface area (Å²) in [7, 11) is 1.58. The average molecular weight is 260 g/mol. The number of ether oxygens (including phenoxy) is 1. The number of hydrogen-bond donors (Lipinski definition) is 1. The van der Waals surface area contributed by atoms with Gasteiger partial charge in [0.2, 0.25) is 5.91 Å². The van der Waals surface area contributed by atoms with Crippen LogP contribution in [0.4, 0.5) is 0 Å². The fraction of sp³-hybridized carbons (Fsp3) is 0.467. The highest BCUT2D eigenvalue weighted by molar-refractivity contribution is 5.76. The topological polar surface area (TPSA) is 62.1 Å². The Bertz CT molecular complexity index is 463. The Kier molecular flexibility index (Phi) is 5.87. The molecule has 0 aromatic heterocycles. The van der Waals surface area contributed by atoms with Crippen LogP contribution < -0.4 is 10.1 Å². The molecule has 0 saturated heterocycles. The molecule has 0 heterocycles. The van der Waals surface area contributed by atoms with Crippen molar-refractivity contribution in [1.29, 1.82) is 5.26 Å². The zero-order valence-electron chi connectivity index (χ0n) is 11.6. The van der Waals surface area contributed by atoms with E-state index >= 15 is 0 Å². The van der Waals surface area contributed by atoms with E-state index in [0.29, 0.717) is 18.6 Å². The van der Waals surface area contributed by atoms with Crippen LogP contribution in [0, 0.1) is 11.3 Å². The molecule has 0 aliphatic rings. The van der Waals surface area contributed by atoms with Crippen LogP contribution in [0.3, 0.4) is 0 Å². The summed E-state index contributed by atoms with van der Waals surface area (Å²) in [5.41, 5.74) is 0.838. The molecule has 0 spiro atoms. The highest BCUT2D eigenvalue weighted by atomic mass is 16.5. The minimum atomic E-state index is -0.325. The molecule has 1 atom stereocenters. The second kappa shape index (κ2) is 7.42. The monoisotopic (exact) mass is 260 g/mol. The third kappa shape index (κ3) is 4.63. The first-order valence-corrected chi connectivity index (χ1v) is 6.40. The molecule has 4 nitrogen and oxygen atoms in total. The fourth-order valence-electron chi connectivity index (χ4n) is 1.91. The van der Waals surface area contributed by atoms with Crippen molar-refractivity contribution in [3.63, 3.8) is 0 Å².